The Kier molecular flexibility index (Phi) is 4.52. The van der Waals surface area contributed by atoms with E-state index < -0.39 is 11.4 Å². The van der Waals surface area contributed by atoms with Crippen molar-refractivity contribution in [3.05, 3.63) is 0 Å². The van der Waals surface area contributed by atoms with Gasteiger partial charge in [-0.15, -0.1) is 0 Å². The first-order valence-electron chi connectivity index (χ1n) is 7.46. The van der Waals surface area contributed by atoms with Gasteiger partial charge in [0.25, 0.3) is 0 Å². The van der Waals surface area contributed by atoms with E-state index in [1.807, 2.05) is 6.92 Å². The molecule has 1 aliphatic carbocycles. The molecule has 0 bridgehead atoms. The van der Waals surface area contributed by atoms with Crippen LogP contribution in [0.3, 0.4) is 0 Å². The van der Waals surface area contributed by atoms with Crippen molar-refractivity contribution in [1.29, 1.82) is 0 Å². The van der Waals surface area contributed by atoms with Gasteiger partial charge in [-0.2, -0.15) is 0 Å². The summed E-state index contributed by atoms with van der Waals surface area (Å²) < 4.78 is 0. The summed E-state index contributed by atoms with van der Waals surface area (Å²) in [5.74, 6) is -0.874. The lowest BCUT2D eigenvalue weighted by Gasteiger charge is -2.24. The zero-order valence-electron chi connectivity index (χ0n) is 12.3. The summed E-state index contributed by atoms with van der Waals surface area (Å²) in [4.78, 5) is 25.4. The standard InChI is InChI=1S/C14H25N3O3/c1-3-14(2,12(18)19)9-15-13(20)16-10-6-7-17(8-10)11-4-5-11/h10-11H,3-9H2,1-2H3,(H,18,19)(H2,15,16,20). The van der Waals surface area contributed by atoms with Crippen LogP contribution < -0.4 is 10.6 Å². The predicted octanol–water partition coefficient (Wildman–Crippen LogP) is 1.02. The number of nitrogens with zero attached hydrogens (tertiary/aromatic N) is 1. The van der Waals surface area contributed by atoms with E-state index in [0.29, 0.717) is 6.42 Å². The summed E-state index contributed by atoms with van der Waals surface area (Å²) in [5, 5.41) is 14.8. The number of likely N-dealkylation sites (tertiary alicyclic amines) is 1. The topological polar surface area (TPSA) is 81.7 Å². The van der Waals surface area contributed by atoms with Gasteiger partial charge in [-0.25, -0.2) is 4.79 Å². The van der Waals surface area contributed by atoms with Gasteiger partial charge in [0.1, 0.15) is 0 Å². The molecule has 2 aliphatic rings. The second-order valence-electron chi connectivity index (χ2n) is 6.26. The number of carboxylic acids is 1. The van der Waals surface area contributed by atoms with E-state index in [-0.39, 0.29) is 18.6 Å². The molecule has 1 saturated carbocycles. The number of hydrogen-bond donors (Lipinski definition) is 3. The fourth-order valence-corrected chi connectivity index (χ4v) is 2.54. The van der Waals surface area contributed by atoms with Crippen molar-refractivity contribution in [2.45, 2.75) is 51.6 Å². The number of urea groups is 1. The second-order valence-corrected chi connectivity index (χ2v) is 6.26. The molecule has 2 unspecified atom stereocenters. The molecule has 1 heterocycles. The zero-order chi connectivity index (χ0) is 14.8. The molecule has 2 fully saturated rings. The highest BCUT2D eigenvalue weighted by molar-refractivity contribution is 5.78. The number of nitrogens with one attached hydrogen (secondary N) is 2. The van der Waals surface area contributed by atoms with E-state index in [1.165, 1.54) is 12.8 Å². The van der Waals surface area contributed by atoms with Gasteiger partial charge < -0.3 is 15.7 Å². The highest BCUT2D eigenvalue weighted by Gasteiger charge is 2.35. The van der Waals surface area contributed by atoms with E-state index in [4.69, 9.17) is 5.11 Å². The summed E-state index contributed by atoms with van der Waals surface area (Å²) in [6.07, 6.45) is 4.04. The van der Waals surface area contributed by atoms with Gasteiger partial charge in [-0.1, -0.05) is 6.92 Å². The molecule has 2 atom stereocenters. The minimum absolute atomic E-state index is 0.156. The lowest BCUT2D eigenvalue weighted by Crippen LogP contribution is -2.48. The van der Waals surface area contributed by atoms with Crippen molar-refractivity contribution < 1.29 is 14.7 Å². The van der Waals surface area contributed by atoms with Gasteiger partial charge in [-0.05, 0) is 32.6 Å². The van der Waals surface area contributed by atoms with Crippen LogP contribution in [0.15, 0.2) is 0 Å². The molecule has 6 nitrogen and oxygen atoms in total. The molecule has 3 N–H and O–H groups in total. The average molecular weight is 283 g/mol. The number of rotatable bonds is 6. The Bertz CT molecular complexity index is 384. The third kappa shape index (κ3) is 3.62. The normalized spacial score (nSPS) is 26.0. The van der Waals surface area contributed by atoms with Gasteiger partial charge in [0.2, 0.25) is 0 Å². The molecule has 0 aromatic heterocycles. The van der Waals surface area contributed by atoms with Crippen molar-refractivity contribution in [2.24, 2.45) is 5.41 Å². The van der Waals surface area contributed by atoms with Crippen LogP contribution >= 0.6 is 0 Å². The first kappa shape index (κ1) is 15.1. The highest BCUT2D eigenvalue weighted by Crippen LogP contribution is 2.29. The molecule has 0 spiro atoms. The minimum atomic E-state index is -0.896. The predicted molar refractivity (Wildman–Crippen MR) is 75.6 cm³/mol. The van der Waals surface area contributed by atoms with Crippen LogP contribution in [-0.2, 0) is 4.79 Å². The van der Waals surface area contributed by atoms with Crippen LogP contribution in [0.25, 0.3) is 0 Å². The largest absolute Gasteiger partial charge is 0.481 e. The monoisotopic (exact) mass is 283 g/mol. The maximum absolute atomic E-state index is 11.8. The SMILES string of the molecule is CCC(C)(CNC(=O)NC1CCN(C2CC2)C1)C(=O)O. The Balaban J connectivity index is 1.71. The van der Waals surface area contributed by atoms with Crippen LogP contribution in [0.4, 0.5) is 4.79 Å². The first-order valence-corrected chi connectivity index (χ1v) is 7.46. The molecule has 1 saturated heterocycles. The van der Waals surface area contributed by atoms with Crippen LogP contribution in [0.5, 0.6) is 0 Å². The molecule has 2 rings (SSSR count). The summed E-state index contributed by atoms with van der Waals surface area (Å²) in [5.41, 5.74) is -0.896. The highest BCUT2D eigenvalue weighted by atomic mass is 16.4. The number of hydrogen-bond acceptors (Lipinski definition) is 3. The Morgan fingerprint density at radius 1 is 1.35 bits per heavy atom. The molecule has 20 heavy (non-hydrogen) atoms. The lowest BCUT2D eigenvalue weighted by molar-refractivity contribution is -0.147. The molecule has 0 aromatic carbocycles. The van der Waals surface area contributed by atoms with Crippen LogP contribution in [0, 0.1) is 5.41 Å². The minimum Gasteiger partial charge on any atom is -0.481 e. The zero-order valence-corrected chi connectivity index (χ0v) is 12.3. The van der Waals surface area contributed by atoms with Gasteiger partial charge >= 0.3 is 12.0 Å². The summed E-state index contributed by atoms with van der Waals surface area (Å²) in [6.45, 7) is 5.60. The van der Waals surface area contributed by atoms with Gasteiger partial charge in [0.15, 0.2) is 0 Å². The molecule has 6 heteroatoms. The number of aliphatic carboxylic acids is 1. The summed E-state index contributed by atoms with van der Waals surface area (Å²) in [7, 11) is 0. The van der Waals surface area contributed by atoms with Crippen molar-refractivity contribution in [3.8, 4) is 0 Å². The van der Waals surface area contributed by atoms with Crippen molar-refractivity contribution in [2.75, 3.05) is 19.6 Å². The van der Waals surface area contributed by atoms with Gasteiger partial charge in [0.05, 0.1) is 5.41 Å². The molecule has 0 aromatic rings. The van der Waals surface area contributed by atoms with E-state index in [9.17, 15) is 9.59 Å². The van der Waals surface area contributed by atoms with Crippen LogP contribution in [0.2, 0.25) is 0 Å². The molecular formula is C14H25N3O3. The van der Waals surface area contributed by atoms with Gasteiger partial charge in [-0.3, -0.25) is 9.69 Å². The fraction of sp³-hybridized carbons (Fsp3) is 0.857. The number of carbonyl (C=O) groups excluding carboxylic acids is 1. The third-order valence-corrected chi connectivity index (χ3v) is 4.55. The Hall–Kier alpha value is -1.30. The molecule has 1 aliphatic heterocycles. The molecule has 2 amide bonds. The van der Waals surface area contributed by atoms with E-state index in [1.54, 1.807) is 6.92 Å². The molecule has 0 radical (unpaired) electrons. The van der Waals surface area contributed by atoms with E-state index in [2.05, 4.69) is 15.5 Å². The molecule has 114 valence electrons. The van der Waals surface area contributed by atoms with Crippen molar-refractivity contribution in [1.82, 2.24) is 15.5 Å². The Morgan fingerprint density at radius 3 is 2.60 bits per heavy atom. The van der Waals surface area contributed by atoms with Crippen molar-refractivity contribution >= 4 is 12.0 Å². The second kappa shape index (κ2) is 5.99. The third-order valence-electron chi connectivity index (χ3n) is 4.55. The Labute approximate surface area is 119 Å². The maximum atomic E-state index is 11.8. The maximum Gasteiger partial charge on any atom is 0.315 e. The fourth-order valence-electron chi connectivity index (χ4n) is 2.54. The van der Waals surface area contributed by atoms with E-state index >= 15 is 0 Å². The quantitative estimate of drug-likeness (QED) is 0.680. The number of amides is 2. The number of carbonyl (C=O) groups is 2. The summed E-state index contributed by atoms with van der Waals surface area (Å²) in [6, 6.07) is 0.669. The van der Waals surface area contributed by atoms with Crippen LogP contribution in [-0.4, -0.2) is 53.7 Å². The number of carboxylic acid groups (broad SMARTS) is 1. The lowest BCUT2D eigenvalue weighted by atomic mass is 9.88. The first-order chi connectivity index (χ1) is 9.44. The van der Waals surface area contributed by atoms with E-state index in [0.717, 1.165) is 25.6 Å². The Morgan fingerprint density at radius 2 is 2.05 bits per heavy atom. The average Bonchev–Trinajstić information content (AvgIpc) is 3.17. The summed E-state index contributed by atoms with van der Waals surface area (Å²) >= 11 is 0. The van der Waals surface area contributed by atoms with Crippen LogP contribution in [0.1, 0.15) is 39.5 Å². The van der Waals surface area contributed by atoms with Crippen molar-refractivity contribution in [3.63, 3.8) is 0 Å². The smallest absolute Gasteiger partial charge is 0.315 e. The van der Waals surface area contributed by atoms with Gasteiger partial charge in [0, 0.05) is 31.7 Å². The molecular weight excluding hydrogens is 258 g/mol.